The van der Waals surface area contributed by atoms with Crippen molar-refractivity contribution in [3.63, 3.8) is 0 Å². The first-order valence-electron chi connectivity index (χ1n) is 7.56. The highest BCUT2D eigenvalue weighted by molar-refractivity contribution is 5.50. The number of nitro groups is 1. The van der Waals surface area contributed by atoms with Crippen molar-refractivity contribution in [2.75, 3.05) is 6.54 Å². The van der Waals surface area contributed by atoms with Gasteiger partial charge in [0, 0.05) is 22.9 Å². The average Bonchev–Trinajstić information content (AvgIpc) is 2.85. The summed E-state index contributed by atoms with van der Waals surface area (Å²) in [6.45, 7) is 4.36. The van der Waals surface area contributed by atoms with Crippen LogP contribution in [0.5, 0.6) is 0 Å². The van der Waals surface area contributed by atoms with Crippen LogP contribution in [0.25, 0.3) is 5.69 Å². The molecule has 0 fully saturated rings. The van der Waals surface area contributed by atoms with Gasteiger partial charge < -0.3 is 5.73 Å². The van der Waals surface area contributed by atoms with Gasteiger partial charge in [0.2, 0.25) is 0 Å². The Morgan fingerprint density at radius 3 is 2.91 bits per heavy atom. The largest absolute Gasteiger partial charge is 0.330 e. The molecule has 1 aliphatic carbocycles. The van der Waals surface area contributed by atoms with Crippen molar-refractivity contribution in [2.24, 2.45) is 5.73 Å². The van der Waals surface area contributed by atoms with Crippen molar-refractivity contribution >= 4 is 5.69 Å². The number of benzene rings is 1. The van der Waals surface area contributed by atoms with E-state index in [2.05, 4.69) is 5.10 Å². The zero-order valence-electron chi connectivity index (χ0n) is 12.9. The molecule has 6 nitrogen and oxygen atoms in total. The summed E-state index contributed by atoms with van der Waals surface area (Å²) in [7, 11) is 0. The van der Waals surface area contributed by atoms with Crippen molar-refractivity contribution in [1.29, 1.82) is 0 Å². The minimum atomic E-state index is -0.343. The lowest BCUT2D eigenvalue weighted by atomic mass is 9.85. The minimum Gasteiger partial charge on any atom is -0.330 e. The molecule has 0 spiro atoms. The highest BCUT2D eigenvalue weighted by Crippen LogP contribution is 2.35. The van der Waals surface area contributed by atoms with E-state index in [1.54, 1.807) is 19.1 Å². The van der Waals surface area contributed by atoms with Gasteiger partial charge in [-0.3, -0.25) is 10.1 Å². The minimum absolute atomic E-state index is 0.130. The van der Waals surface area contributed by atoms with E-state index in [9.17, 15) is 10.1 Å². The maximum Gasteiger partial charge on any atom is 0.274 e. The third kappa shape index (κ3) is 2.29. The lowest BCUT2D eigenvalue weighted by molar-refractivity contribution is -0.385. The molecule has 1 unspecified atom stereocenters. The fourth-order valence-corrected chi connectivity index (χ4v) is 3.39. The third-order valence-corrected chi connectivity index (χ3v) is 4.50. The molecule has 1 atom stereocenters. The molecule has 0 aliphatic heterocycles. The molecule has 2 aromatic rings. The molecule has 0 saturated heterocycles. The smallest absolute Gasteiger partial charge is 0.274 e. The Kier molecular flexibility index (Phi) is 3.70. The zero-order chi connectivity index (χ0) is 15.9. The van der Waals surface area contributed by atoms with E-state index in [1.807, 2.05) is 17.7 Å². The summed E-state index contributed by atoms with van der Waals surface area (Å²) in [6, 6.07) is 5.27. The molecule has 1 aromatic carbocycles. The molecule has 1 heterocycles. The van der Waals surface area contributed by atoms with Gasteiger partial charge in [0.05, 0.1) is 16.3 Å². The van der Waals surface area contributed by atoms with E-state index in [0.29, 0.717) is 18.0 Å². The Morgan fingerprint density at radius 1 is 1.45 bits per heavy atom. The van der Waals surface area contributed by atoms with Gasteiger partial charge in [-0.05, 0) is 51.6 Å². The Bertz CT molecular complexity index is 736. The SMILES string of the molecule is Cc1ccc(-n2nc(C)c3c2CCCC3CN)cc1[N+](=O)[O-]. The average molecular weight is 300 g/mol. The zero-order valence-corrected chi connectivity index (χ0v) is 12.9. The Balaban J connectivity index is 2.14. The topological polar surface area (TPSA) is 87.0 Å². The van der Waals surface area contributed by atoms with Gasteiger partial charge in [-0.25, -0.2) is 4.68 Å². The summed E-state index contributed by atoms with van der Waals surface area (Å²) in [5.41, 5.74) is 10.8. The normalized spacial score (nSPS) is 17.3. The molecule has 2 N–H and O–H groups in total. The predicted molar refractivity (Wildman–Crippen MR) is 84.4 cm³/mol. The number of rotatable bonds is 3. The molecule has 116 valence electrons. The fraction of sp³-hybridized carbons (Fsp3) is 0.438. The number of aromatic nitrogens is 2. The molecular weight excluding hydrogens is 280 g/mol. The molecule has 6 heteroatoms. The van der Waals surface area contributed by atoms with Crippen LogP contribution in [0.15, 0.2) is 18.2 Å². The molecular formula is C16H20N4O2. The van der Waals surface area contributed by atoms with Gasteiger partial charge in [0.1, 0.15) is 0 Å². The van der Waals surface area contributed by atoms with Crippen LogP contribution in [0.1, 0.15) is 41.3 Å². The van der Waals surface area contributed by atoms with Gasteiger partial charge in [-0.15, -0.1) is 0 Å². The second-order valence-electron chi connectivity index (χ2n) is 5.91. The summed E-state index contributed by atoms with van der Waals surface area (Å²) in [5.74, 6) is 0.345. The van der Waals surface area contributed by atoms with Gasteiger partial charge in [-0.2, -0.15) is 5.10 Å². The van der Waals surface area contributed by atoms with Crippen LogP contribution in [-0.2, 0) is 6.42 Å². The van der Waals surface area contributed by atoms with Crippen LogP contribution >= 0.6 is 0 Å². The number of fused-ring (bicyclic) bond motifs is 1. The molecule has 1 aromatic heterocycles. The van der Waals surface area contributed by atoms with Crippen molar-refractivity contribution in [1.82, 2.24) is 9.78 Å². The molecule has 1 aliphatic rings. The molecule has 0 radical (unpaired) electrons. The van der Waals surface area contributed by atoms with E-state index in [4.69, 9.17) is 5.73 Å². The van der Waals surface area contributed by atoms with Gasteiger partial charge in [-0.1, -0.05) is 6.07 Å². The van der Waals surface area contributed by atoms with Crippen LogP contribution < -0.4 is 5.73 Å². The van der Waals surface area contributed by atoms with E-state index in [-0.39, 0.29) is 10.6 Å². The first-order valence-corrected chi connectivity index (χ1v) is 7.56. The Morgan fingerprint density at radius 2 is 2.23 bits per heavy atom. The van der Waals surface area contributed by atoms with E-state index >= 15 is 0 Å². The summed E-state index contributed by atoms with van der Waals surface area (Å²) < 4.78 is 1.86. The molecule has 0 amide bonds. The highest BCUT2D eigenvalue weighted by atomic mass is 16.6. The number of aryl methyl sites for hydroxylation is 2. The van der Waals surface area contributed by atoms with Crippen LogP contribution in [-0.4, -0.2) is 21.2 Å². The van der Waals surface area contributed by atoms with Gasteiger partial charge >= 0.3 is 0 Å². The first kappa shape index (κ1) is 14.7. The summed E-state index contributed by atoms with van der Waals surface area (Å²) in [5, 5.41) is 15.8. The molecule has 0 saturated carbocycles. The van der Waals surface area contributed by atoms with Crippen LogP contribution in [0.3, 0.4) is 0 Å². The Labute approximate surface area is 129 Å². The Hall–Kier alpha value is -2.21. The quantitative estimate of drug-likeness (QED) is 0.697. The summed E-state index contributed by atoms with van der Waals surface area (Å²) in [4.78, 5) is 10.8. The summed E-state index contributed by atoms with van der Waals surface area (Å²) in [6.07, 6.45) is 3.10. The van der Waals surface area contributed by atoms with Crippen LogP contribution in [0, 0.1) is 24.0 Å². The second-order valence-corrected chi connectivity index (χ2v) is 5.91. The monoisotopic (exact) mass is 300 g/mol. The van der Waals surface area contributed by atoms with Crippen LogP contribution in [0.4, 0.5) is 5.69 Å². The lowest BCUT2D eigenvalue weighted by Gasteiger charge is -2.22. The summed E-state index contributed by atoms with van der Waals surface area (Å²) >= 11 is 0. The van der Waals surface area contributed by atoms with E-state index in [0.717, 1.165) is 36.3 Å². The fourth-order valence-electron chi connectivity index (χ4n) is 3.39. The van der Waals surface area contributed by atoms with E-state index in [1.165, 1.54) is 5.56 Å². The van der Waals surface area contributed by atoms with Crippen molar-refractivity contribution in [3.05, 3.63) is 50.8 Å². The van der Waals surface area contributed by atoms with Crippen molar-refractivity contribution < 1.29 is 4.92 Å². The lowest BCUT2D eigenvalue weighted by Crippen LogP contribution is -2.19. The van der Waals surface area contributed by atoms with Crippen molar-refractivity contribution in [3.8, 4) is 5.69 Å². The van der Waals surface area contributed by atoms with E-state index < -0.39 is 0 Å². The number of hydrogen-bond donors (Lipinski definition) is 1. The number of nitro benzene ring substituents is 1. The third-order valence-electron chi connectivity index (χ3n) is 4.50. The second kappa shape index (κ2) is 5.53. The van der Waals surface area contributed by atoms with Gasteiger partial charge in [0.25, 0.3) is 5.69 Å². The number of hydrogen-bond acceptors (Lipinski definition) is 4. The standard InChI is InChI=1S/C16H20N4O2/c1-10-6-7-13(8-15(10)20(21)22)19-14-5-3-4-12(9-17)16(14)11(2)18-19/h6-8,12H,3-5,9,17H2,1-2H3. The van der Waals surface area contributed by atoms with Crippen LogP contribution in [0.2, 0.25) is 0 Å². The number of nitrogens with two attached hydrogens (primary N) is 1. The van der Waals surface area contributed by atoms with Gasteiger partial charge in [0.15, 0.2) is 0 Å². The highest BCUT2D eigenvalue weighted by Gasteiger charge is 2.27. The maximum absolute atomic E-state index is 11.2. The molecule has 0 bridgehead atoms. The first-order chi connectivity index (χ1) is 10.5. The van der Waals surface area contributed by atoms with Crippen molar-refractivity contribution in [2.45, 2.75) is 39.0 Å². The molecule has 22 heavy (non-hydrogen) atoms. The maximum atomic E-state index is 11.2. The molecule has 3 rings (SSSR count). The predicted octanol–water partition coefficient (Wildman–Crippen LogP) is 2.78. The number of nitrogens with zero attached hydrogens (tertiary/aromatic N) is 3.